The number of aromatic nitrogens is 1. The molecule has 2 N–H and O–H groups in total. The van der Waals surface area contributed by atoms with Gasteiger partial charge in [-0.25, -0.2) is 4.98 Å². The average Bonchev–Trinajstić information content (AvgIpc) is 2.62. The highest BCUT2D eigenvalue weighted by Gasteiger charge is 2.23. The summed E-state index contributed by atoms with van der Waals surface area (Å²) in [6.45, 7) is 4.37. The number of nitrogens with two attached hydrogens (primary N) is 1. The van der Waals surface area contributed by atoms with Gasteiger partial charge in [-0.15, -0.1) is 11.3 Å². The van der Waals surface area contributed by atoms with Crippen molar-refractivity contribution in [3.05, 3.63) is 11.1 Å². The lowest BCUT2D eigenvalue weighted by molar-refractivity contribution is 0.220. The summed E-state index contributed by atoms with van der Waals surface area (Å²) >= 11 is 1.38. The molecule has 0 fully saturated rings. The minimum Gasteiger partial charge on any atom is -0.375 e. The molecule has 0 aliphatic heterocycles. The van der Waals surface area contributed by atoms with Crippen molar-refractivity contribution in [2.24, 2.45) is 0 Å². The van der Waals surface area contributed by atoms with E-state index >= 15 is 0 Å². The maximum absolute atomic E-state index is 12.1. The number of nitrogens with zero attached hydrogens (tertiary/aromatic N) is 1. The van der Waals surface area contributed by atoms with Gasteiger partial charge < -0.3 is 14.8 Å². The molecule has 0 aromatic carbocycles. The lowest BCUT2D eigenvalue weighted by Crippen LogP contribution is -2.03. The quantitative estimate of drug-likeness (QED) is 0.766. The Morgan fingerprint density at radius 2 is 2.06 bits per heavy atom. The third kappa shape index (κ3) is 4.22. The fourth-order valence-electron chi connectivity index (χ4n) is 1.25. The molecule has 0 saturated heterocycles. The van der Waals surface area contributed by atoms with Crippen LogP contribution in [0.3, 0.4) is 0 Å². The molecule has 16 heavy (non-hydrogen) atoms. The van der Waals surface area contributed by atoms with Crippen molar-refractivity contribution in [3.8, 4) is 0 Å². The first-order chi connectivity index (χ1) is 7.59. The minimum atomic E-state index is -2.95. The van der Waals surface area contributed by atoms with E-state index in [2.05, 4.69) is 4.98 Å². The first-order valence-electron chi connectivity index (χ1n) is 5.17. The highest BCUT2D eigenvalue weighted by Crippen LogP contribution is 2.48. The molecule has 0 spiro atoms. The number of hydrogen-bond acceptors (Lipinski definition) is 6. The molecule has 0 aliphatic rings. The van der Waals surface area contributed by atoms with Gasteiger partial charge in [0.1, 0.15) is 0 Å². The molecule has 0 radical (unpaired) electrons. The van der Waals surface area contributed by atoms with Gasteiger partial charge in [0.2, 0.25) is 0 Å². The van der Waals surface area contributed by atoms with E-state index < -0.39 is 7.60 Å². The lowest BCUT2D eigenvalue weighted by Gasteiger charge is -2.16. The third-order valence-corrected chi connectivity index (χ3v) is 4.66. The van der Waals surface area contributed by atoms with Gasteiger partial charge in [-0.2, -0.15) is 0 Å². The van der Waals surface area contributed by atoms with E-state index in [4.69, 9.17) is 14.8 Å². The van der Waals surface area contributed by atoms with Crippen LogP contribution in [0.4, 0.5) is 5.13 Å². The maximum atomic E-state index is 12.1. The average molecular weight is 264 g/mol. The molecule has 0 atom stereocenters. The first kappa shape index (κ1) is 13.6. The normalized spacial score (nSPS) is 11.9. The molecule has 1 aromatic heterocycles. The van der Waals surface area contributed by atoms with Crippen LogP contribution in [0.2, 0.25) is 0 Å². The zero-order valence-corrected chi connectivity index (χ0v) is 11.2. The third-order valence-electron chi connectivity index (χ3n) is 1.86. The fraction of sp³-hybridized carbons (Fsp3) is 0.667. The van der Waals surface area contributed by atoms with Crippen LogP contribution in [-0.4, -0.2) is 24.4 Å². The van der Waals surface area contributed by atoms with Crippen LogP contribution >= 0.6 is 18.9 Å². The van der Waals surface area contributed by atoms with Gasteiger partial charge in [0.15, 0.2) is 5.13 Å². The fourth-order valence-corrected chi connectivity index (χ4v) is 3.47. The zero-order valence-electron chi connectivity index (χ0n) is 9.51. The second kappa shape index (κ2) is 6.35. The van der Waals surface area contributed by atoms with Crippen LogP contribution in [-0.2, 0) is 20.0 Å². The molecular weight excluding hydrogens is 247 g/mol. The maximum Gasteiger partial charge on any atom is 0.331 e. The molecular formula is C9H17N2O3PS. The van der Waals surface area contributed by atoms with Gasteiger partial charge in [0, 0.05) is 11.8 Å². The zero-order chi connectivity index (χ0) is 12.0. The Labute approximate surface area is 99.5 Å². The van der Waals surface area contributed by atoms with Crippen LogP contribution in [0.15, 0.2) is 5.38 Å². The number of anilines is 1. The van der Waals surface area contributed by atoms with E-state index in [0.717, 1.165) is 5.69 Å². The van der Waals surface area contributed by atoms with Crippen LogP contribution < -0.4 is 5.73 Å². The van der Waals surface area contributed by atoms with Crippen molar-refractivity contribution in [1.29, 1.82) is 0 Å². The Hall–Kier alpha value is -0.420. The predicted molar refractivity (Wildman–Crippen MR) is 66.0 cm³/mol. The van der Waals surface area contributed by atoms with Gasteiger partial charge in [0.05, 0.1) is 25.1 Å². The Bertz CT molecular complexity index is 359. The summed E-state index contributed by atoms with van der Waals surface area (Å²) in [5.41, 5.74) is 6.35. The standard InChI is InChI=1S/C9H17N2O3PS/c1-3-13-15(12,14-4-2)6-5-8-7-16-9(10)11-8/h7H,3-6H2,1-2H3,(H2,10,11). The number of thiazole rings is 1. The van der Waals surface area contributed by atoms with Crippen LogP contribution in [0, 0.1) is 0 Å². The first-order valence-corrected chi connectivity index (χ1v) is 7.78. The molecule has 1 aromatic rings. The van der Waals surface area contributed by atoms with Crippen molar-refractivity contribution in [3.63, 3.8) is 0 Å². The second-order valence-corrected chi connectivity index (χ2v) is 6.17. The van der Waals surface area contributed by atoms with Crippen molar-refractivity contribution < 1.29 is 13.6 Å². The minimum absolute atomic E-state index is 0.345. The van der Waals surface area contributed by atoms with Crippen LogP contribution in [0.25, 0.3) is 0 Å². The van der Waals surface area contributed by atoms with Gasteiger partial charge in [0.25, 0.3) is 0 Å². The summed E-state index contributed by atoms with van der Waals surface area (Å²) in [6, 6.07) is 0. The monoisotopic (exact) mass is 264 g/mol. The van der Waals surface area contributed by atoms with E-state index in [1.165, 1.54) is 11.3 Å². The summed E-state index contributed by atoms with van der Waals surface area (Å²) < 4.78 is 22.4. The molecule has 0 bridgehead atoms. The van der Waals surface area contributed by atoms with Gasteiger partial charge >= 0.3 is 7.60 Å². The molecule has 7 heteroatoms. The number of hydrogen-bond donors (Lipinski definition) is 1. The largest absolute Gasteiger partial charge is 0.375 e. The summed E-state index contributed by atoms with van der Waals surface area (Å²) in [4.78, 5) is 4.10. The number of rotatable bonds is 7. The topological polar surface area (TPSA) is 74.4 Å². The molecule has 1 rings (SSSR count). The smallest absolute Gasteiger partial charge is 0.331 e. The number of nitrogen functional groups attached to an aromatic ring is 1. The number of aryl methyl sites for hydroxylation is 1. The summed E-state index contributed by atoms with van der Waals surface area (Å²) in [5.74, 6) is 0. The van der Waals surface area contributed by atoms with Crippen molar-refractivity contribution in [1.82, 2.24) is 4.98 Å². The highest BCUT2D eigenvalue weighted by atomic mass is 32.1. The Morgan fingerprint density at radius 1 is 1.44 bits per heavy atom. The molecule has 1 heterocycles. The van der Waals surface area contributed by atoms with Crippen LogP contribution in [0.5, 0.6) is 0 Å². The molecule has 0 amide bonds. The van der Waals surface area contributed by atoms with Gasteiger partial charge in [-0.3, -0.25) is 4.57 Å². The van der Waals surface area contributed by atoms with Crippen molar-refractivity contribution in [2.75, 3.05) is 25.1 Å². The molecule has 92 valence electrons. The summed E-state index contributed by atoms with van der Waals surface area (Å²) in [5, 5.41) is 2.38. The second-order valence-electron chi connectivity index (χ2n) is 3.10. The molecule has 0 aliphatic carbocycles. The van der Waals surface area contributed by atoms with E-state index in [9.17, 15) is 4.57 Å². The van der Waals surface area contributed by atoms with Gasteiger partial charge in [-0.1, -0.05) is 0 Å². The SMILES string of the molecule is CCOP(=O)(CCc1csc(N)n1)OCC. The summed E-state index contributed by atoms with van der Waals surface area (Å²) in [6.07, 6.45) is 0.906. The Kier molecular flexibility index (Phi) is 5.41. The summed E-state index contributed by atoms with van der Waals surface area (Å²) in [7, 11) is -2.95. The Balaban J connectivity index is 2.53. The van der Waals surface area contributed by atoms with E-state index in [1.807, 2.05) is 5.38 Å². The molecule has 0 unspecified atom stereocenters. The Morgan fingerprint density at radius 3 is 2.50 bits per heavy atom. The van der Waals surface area contributed by atoms with Crippen molar-refractivity contribution in [2.45, 2.75) is 20.3 Å². The molecule has 5 nitrogen and oxygen atoms in total. The van der Waals surface area contributed by atoms with E-state index in [1.54, 1.807) is 13.8 Å². The molecule has 0 saturated carbocycles. The lowest BCUT2D eigenvalue weighted by atomic mass is 10.4. The van der Waals surface area contributed by atoms with E-state index in [0.29, 0.717) is 30.9 Å². The predicted octanol–water partition coefficient (Wildman–Crippen LogP) is 2.53. The van der Waals surface area contributed by atoms with Gasteiger partial charge in [-0.05, 0) is 13.8 Å². The van der Waals surface area contributed by atoms with Crippen LogP contribution in [0.1, 0.15) is 19.5 Å². The van der Waals surface area contributed by atoms with Crippen molar-refractivity contribution >= 4 is 24.1 Å². The highest BCUT2D eigenvalue weighted by molar-refractivity contribution is 7.53. The van der Waals surface area contributed by atoms with E-state index in [-0.39, 0.29) is 0 Å².